The van der Waals surface area contributed by atoms with E-state index in [-0.39, 0.29) is 0 Å². The minimum Gasteiger partial charge on any atom is -0.493 e. The Morgan fingerprint density at radius 1 is 0.867 bits per heavy atom. The zero-order chi connectivity index (χ0) is 20.9. The van der Waals surface area contributed by atoms with Crippen LogP contribution in [0.2, 0.25) is 15.1 Å². The molecule has 0 aliphatic rings. The normalized spacial score (nSPS) is 10.9. The highest BCUT2D eigenvalue weighted by Crippen LogP contribution is 2.30. The average Bonchev–Trinajstić information content (AvgIpc) is 3.18. The molecular weight excluding hydrogens is 443 g/mol. The van der Waals surface area contributed by atoms with Gasteiger partial charge < -0.3 is 4.74 Å². The van der Waals surface area contributed by atoms with Crippen LogP contribution < -0.4 is 4.74 Å². The largest absolute Gasteiger partial charge is 0.493 e. The molecule has 0 spiro atoms. The van der Waals surface area contributed by atoms with Crippen LogP contribution in [0.5, 0.6) is 5.75 Å². The molecule has 0 radical (unpaired) electrons. The zero-order valence-electron chi connectivity index (χ0n) is 15.8. The molecule has 152 valence electrons. The second-order valence-corrected chi connectivity index (χ2v) is 7.90. The summed E-state index contributed by atoms with van der Waals surface area (Å²) in [6, 6.07) is 20.9. The fourth-order valence-corrected chi connectivity index (χ4v) is 3.76. The van der Waals surface area contributed by atoms with Crippen molar-refractivity contribution in [3.8, 4) is 17.1 Å². The Bertz CT molecular complexity index is 1150. The lowest BCUT2D eigenvalue weighted by molar-refractivity contribution is 0.317. The van der Waals surface area contributed by atoms with E-state index in [2.05, 4.69) is 27.7 Å². The van der Waals surface area contributed by atoms with Gasteiger partial charge in [0.25, 0.3) is 0 Å². The van der Waals surface area contributed by atoms with Gasteiger partial charge in [-0.3, -0.25) is 0 Å². The van der Waals surface area contributed by atoms with Gasteiger partial charge in [0.1, 0.15) is 5.75 Å². The van der Waals surface area contributed by atoms with Crippen molar-refractivity contribution in [3.63, 3.8) is 0 Å². The van der Waals surface area contributed by atoms with E-state index in [9.17, 15) is 0 Å². The predicted octanol–water partition coefficient (Wildman–Crippen LogP) is 5.97. The standard InChI is InChI=1S/C22H17Cl3N4O/c23-17-7-9-21(30-11-10-15-4-2-1-3-5-15)16(12-17)14-29-22(26-27-28-29)19-8-6-18(24)13-20(19)25/h1-9,12-13H,10-11,14H2. The third kappa shape index (κ3) is 4.93. The van der Waals surface area contributed by atoms with Gasteiger partial charge in [-0.15, -0.1) is 5.10 Å². The van der Waals surface area contributed by atoms with Crippen LogP contribution in [0.15, 0.2) is 66.7 Å². The molecule has 0 aliphatic carbocycles. The second-order valence-electron chi connectivity index (χ2n) is 6.62. The van der Waals surface area contributed by atoms with Gasteiger partial charge in [-0.05, 0) is 52.4 Å². The van der Waals surface area contributed by atoms with Crippen molar-refractivity contribution in [1.29, 1.82) is 0 Å². The van der Waals surface area contributed by atoms with Crippen LogP contribution >= 0.6 is 34.8 Å². The van der Waals surface area contributed by atoms with Crippen LogP contribution in [0.3, 0.4) is 0 Å². The number of hydrogen-bond acceptors (Lipinski definition) is 4. The van der Waals surface area contributed by atoms with Gasteiger partial charge in [-0.1, -0.05) is 65.1 Å². The van der Waals surface area contributed by atoms with Crippen molar-refractivity contribution in [1.82, 2.24) is 20.2 Å². The van der Waals surface area contributed by atoms with Gasteiger partial charge in [0.2, 0.25) is 0 Å². The molecule has 0 unspecified atom stereocenters. The first-order valence-electron chi connectivity index (χ1n) is 9.27. The summed E-state index contributed by atoms with van der Waals surface area (Å²) < 4.78 is 7.70. The molecule has 1 aromatic heterocycles. The number of halogens is 3. The van der Waals surface area contributed by atoms with Crippen LogP contribution in [0.1, 0.15) is 11.1 Å². The molecule has 5 nitrogen and oxygen atoms in total. The van der Waals surface area contributed by atoms with Crippen LogP contribution in [-0.4, -0.2) is 26.8 Å². The highest BCUT2D eigenvalue weighted by molar-refractivity contribution is 6.36. The second kappa shape index (κ2) is 9.47. The topological polar surface area (TPSA) is 52.8 Å². The fraction of sp³-hybridized carbons (Fsp3) is 0.136. The Labute approximate surface area is 189 Å². The van der Waals surface area contributed by atoms with Crippen molar-refractivity contribution in [2.24, 2.45) is 0 Å². The minimum absolute atomic E-state index is 0.377. The number of rotatable bonds is 7. The van der Waals surface area contributed by atoms with Crippen molar-refractivity contribution in [2.75, 3.05) is 6.61 Å². The predicted molar refractivity (Wildman–Crippen MR) is 119 cm³/mol. The molecule has 0 atom stereocenters. The number of tetrazole rings is 1. The lowest BCUT2D eigenvalue weighted by Crippen LogP contribution is -2.08. The Morgan fingerprint density at radius 2 is 1.63 bits per heavy atom. The van der Waals surface area contributed by atoms with E-state index < -0.39 is 0 Å². The summed E-state index contributed by atoms with van der Waals surface area (Å²) in [5.74, 6) is 1.27. The Hall–Kier alpha value is -2.60. The average molecular weight is 460 g/mol. The molecular formula is C22H17Cl3N4O. The maximum absolute atomic E-state index is 6.34. The molecule has 4 aromatic rings. The van der Waals surface area contributed by atoms with Crippen molar-refractivity contribution in [2.45, 2.75) is 13.0 Å². The molecule has 4 rings (SSSR count). The summed E-state index contributed by atoms with van der Waals surface area (Å²) in [4.78, 5) is 0. The van der Waals surface area contributed by atoms with Crippen LogP contribution in [0, 0.1) is 0 Å². The third-order valence-electron chi connectivity index (χ3n) is 4.54. The zero-order valence-corrected chi connectivity index (χ0v) is 18.1. The molecule has 0 N–H and O–H groups in total. The molecule has 3 aromatic carbocycles. The van der Waals surface area contributed by atoms with Crippen LogP contribution in [0.25, 0.3) is 11.4 Å². The van der Waals surface area contributed by atoms with Crippen molar-refractivity contribution < 1.29 is 4.74 Å². The molecule has 0 amide bonds. The first-order chi connectivity index (χ1) is 14.6. The maximum Gasteiger partial charge on any atom is 0.183 e. The van der Waals surface area contributed by atoms with E-state index in [0.29, 0.717) is 39.6 Å². The Morgan fingerprint density at radius 3 is 2.43 bits per heavy atom. The summed E-state index contributed by atoms with van der Waals surface area (Å²) in [6.07, 6.45) is 0.805. The number of aromatic nitrogens is 4. The lowest BCUT2D eigenvalue weighted by Gasteiger charge is -2.13. The monoisotopic (exact) mass is 458 g/mol. The molecule has 0 fully saturated rings. The molecule has 0 bridgehead atoms. The van der Waals surface area contributed by atoms with Gasteiger partial charge >= 0.3 is 0 Å². The summed E-state index contributed by atoms with van der Waals surface area (Å²) in [5.41, 5.74) is 2.78. The van der Waals surface area contributed by atoms with Gasteiger partial charge in [0.15, 0.2) is 5.82 Å². The number of hydrogen-bond donors (Lipinski definition) is 0. The van der Waals surface area contributed by atoms with E-state index in [1.165, 1.54) is 5.56 Å². The van der Waals surface area contributed by atoms with Crippen LogP contribution in [-0.2, 0) is 13.0 Å². The molecule has 8 heteroatoms. The molecule has 0 saturated heterocycles. The SMILES string of the molecule is Clc1ccc(-c2nnnn2Cc2cc(Cl)ccc2OCCc2ccccc2)c(Cl)c1. The molecule has 1 heterocycles. The fourth-order valence-electron chi connectivity index (χ4n) is 3.07. The van der Waals surface area contributed by atoms with Gasteiger partial charge in [0, 0.05) is 27.6 Å². The summed E-state index contributed by atoms with van der Waals surface area (Å²) in [7, 11) is 0. The van der Waals surface area contributed by atoms with E-state index in [1.807, 2.05) is 30.3 Å². The Kier molecular flexibility index (Phi) is 6.53. The van der Waals surface area contributed by atoms with E-state index >= 15 is 0 Å². The summed E-state index contributed by atoms with van der Waals surface area (Å²) >= 11 is 18.6. The summed E-state index contributed by atoms with van der Waals surface area (Å²) in [6.45, 7) is 0.923. The quantitative estimate of drug-likeness (QED) is 0.342. The highest BCUT2D eigenvalue weighted by atomic mass is 35.5. The maximum atomic E-state index is 6.34. The number of nitrogens with zero attached hydrogens (tertiary/aromatic N) is 4. The molecule has 0 aliphatic heterocycles. The third-order valence-corrected chi connectivity index (χ3v) is 5.32. The van der Waals surface area contributed by atoms with Crippen molar-refractivity contribution in [3.05, 3.63) is 92.9 Å². The van der Waals surface area contributed by atoms with Gasteiger partial charge in [0.05, 0.1) is 18.2 Å². The number of benzene rings is 3. The minimum atomic E-state index is 0.377. The first-order valence-corrected chi connectivity index (χ1v) is 10.4. The smallest absolute Gasteiger partial charge is 0.183 e. The van der Waals surface area contributed by atoms with Gasteiger partial charge in [-0.25, -0.2) is 4.68 Å². The Balaban J connectivity index is 1.55. The van der Waals surface area contributed by atoms with Gasteiger partial charge in [-0.2, -0.15) is 0 Å². The summed E-state index contributed by atoms with van der Waals surface area (Å²) in [5, 5.41) is 13.7. The lowest BCUT2D eigenvalue weighted by atomic mass is 10.1. The van der Waals surface area contributed by atoms with E-state index in [4.69, 9.17) is 39.5 Å². The first kappa shape index (κ1) is 20.7. The van der Waals surface area contributed by atoms with Crippen LogP contribution in [0.4, 0.5) is 0 Å². The number of ether oxygens (including phenoxy) is 1. The van der Waals surface area contributed by atoms with E-state index in [0.717, 1.165) is 17.7 Å². The van der Waals surface area contributed by atoms with E-state index in [1.54, 1.807) is 28.9 Å². The molecule has 30 heavy (non-hydrogen) atoms. The molecule has 0 saturated carbocycles. The highest BCUT2D eigenvalue weighted by Gasteiger charge is 2.15. The van der Waals surface area contributed by atoms with Crippen molar-refractivity contribution >= 4 is 34.8 Å².